The number of hydrogen-bond donors (Lipinski definition) is 1. The van der Waals surface area contributed by atoms with Crippen LogP contribution in [0, 0.1) is 5.92 Å². The maximum atomic E-state index is 13.1. The summed E-state index contributed by atoms with van der Waals surface area (Å²) in [6.45, 7) is 4.57. The fourth-order valence-corrected chi connectivity index (χ4v) is 6.07. The second-order valence-electron chi connectivity index (χ2n) is 9.94. The predicted molar refractivity (Wildman–Crippen MR) is 136 cm³/mol. The van der Waals surface area contributed by atoms with Crippen LogP contribution in [0.3, 0.4) is 0 Å². The molecule has 1 atom stereocenters. The third kappa shape index (κ3) is 5.22. The van der Waals surface area contributed by atoms with Crippen LogP contribution < -0.4 is 5.73 Å². The first kappa shape index (κ1) is 24.2. The van der Waals surface area contributed by atoms with Crippen molar-refractivity contribution in [3.8, 4) is 0 Å². The first-order chi connectivity index (χ1) is 17.0. The number of likely N-dealkylation sites (tertiary alicyclic amines) is 1. The summed E-state index contributed by atoms with van der Waals surface area (Å²) in [4.78, 5) is 36.0. The van der Waals surface area contributed by atoms with Crippen molar-refractivity contribution in [3.63, 3.8) is 0 Å². The smallest absolute Gasteiger partial charge is 0.236 e. The molecule has 3 aliphatic rings. The van der Waals surface area contributed by atoms with Crippen LogP contribution in [0.15, 0.2) is 36.5 Å². The van der Waals surface area contributed by atoms with Crippen molar-refractivity contribution in [1.82, 2.24) is 19.7 Å². The molecule has 0 spiro atoms. The molecule has 186 valence electrons. The molecule has 0 bridgehead atoms. The molecular weight excluding hydrogens is 462 g/mol. The summed E-state index contributed by atoms with van der Waals surface area (Å²) >= 11 is 6.34. The van der Waals surface area contributed by atoms with Crippen LogP contribution in [0.2, 0.25) is 5.02 Å². The van der Waals surface area contributed by atoms with E-state index in [1.165, 1.54) is 16.7 Å². The molecule has 5 rings (SSSR count). The van der Waals surface area contributed by atoms with E-state index < -0.39 is 0 Å². The zero-order valence-electron chi connectivity index (χ0n) is 20.2. The van der Waals surface area contributed by atoms with Gasteiger partial charge in [0.25, 0.3) is 0 Å². The molecule has 2 saturated heterocycles. The van der Waals surface area contributed by atoms with Gasteiger partial charge >= 0.3 is 0 Å². The van der Waals surface area contributed by atoms with Crippen molar-refractivity contribution in [3.05, 3.63) is 63.9 Å². The van der Waals surface area contributed by atoms with Crippen molar-refractivity contribution in [2.75, 3.05) is 45.8 Å². The van der Waals surface area contributed by atoms with Gasteiger partial charge in [0.2, 0.25) is 11.8 Å². The van der Waals surface area contributed by atoms with Crippen LogP contribution in [-0.2, 0) is 22.4 Å². The summed E-state index contributed by atoms with van der Waals surface area (Å²) in [5.41, 5.74) is 10.5. The molecule has 0 radical (unpaired) electrons. The summed E-state index contributed by atoms with van der Waals surface area (Å²) in [6.07, 6.45) is 6.13. The maximum absolute atomic E-state index is 13.1. The molecule has 2 fully saturated rings. The summed E-state index contributed by atoms with van der Waals surface area (Å²) in [6, 6.07) is 10.5. The number of piperidine rings is 1. The normalized spacial score (nSPS) is 21.3. The summed E-state index contributed by atoms with van der Waals surface area (Å²) in [7, 11) is 0. The number of carbonyl (C=O) groups is 2. The third-order valence-corrected chi connectivity index (χ3v) is 8.12. The molecule has 1 unspecified atom stereocenters. The molecular formula is C27H34ClN5O2. The van der Waals surface area contributed by atoms with E-state index in [2.05, 4.69) is 23.1 Å². The average Bonchev–Trinajstić information content (AvgIpc) is 3.05. The molecule has 3 heterocycles. The van der Waals surface area contributed by atoms with Crippen LogP contribution in [0.5, 0.6) is 0 Å². The van der Waals surface area contributed by atoms with E-state index in [-0.39, 0.29) is 24.4 Å². The highest BCUT2D eigenvalue weighted by Gasteiger charge is 2.34. The zero-order chi connectivity index (χ0) is 24.4. The van der Waals surface area contributed by atoms with Gasteiger partial charge in [0.05, 0.1) is 18.3 Å². The Morgan fingerprint density at radius 1 is 0.943 bits per heavy atom. The van der Waals surface area contributed by atoms with Gasteiger partial charge in [-0.05, 0) is 66.5 Å². The average molecular weight is 496 g/mol. The van der Waals surface area contributed by atoms with Gasteiger partial charge in [0.15, 0.2) is 0 Å². The van der Waals surface area contributed by atoms with Crippen molar-refractivity contribution in [2.45, 2.75) is 38.1 Å². The van der Waals surface area contributed by atoms with E-state index in [4.69, 9.17) is 22.3 Å². The number of aromatic nitrogens is 1. The van der Waals surface area contributed by atoms with E-state index in [1.54, 1.807) is 0 Å². The van der Waals surface area contributed by atoms with Crippen LogP contribution in [0.4, 0.5) is 0 Å². The number of rotatable bonds is 4. The molecule has 1 aromatic carbocycles. The summed E-state index contributed by atoms with van der Waals surface area (Å²) in [5, 5.41) is 0.773. The molecule has 0 saturated carbocycles. The van der Waals surface area contributed by atoms with Gasteiger partial charge in [-0.2, -0.15) is 0 Å². The van der Waals surface area contributed by atoms with Gasteiger partial charge in [0.1, 0.15) is 0 Å². The van der Waals surface area contributed by atoms with Crippen LogP contribution in [0.25, 0.3) is 0 Å². The Morgan fingerprint density at radius 2 is 1.66 bits per heavy atom. The van der Waals surface area contributed by atoms with Crippen LogP contribution >= 0.6 is 11.6 Å². The number of fused-ring (bicyclic) bond motifs is 2. The zero-order valence-corrected chi connectivity index (χ0v) is 20.9. The van der Waals surface area contributed by atoms with Crippen LogP contribution in [-0.4, -0.2) is 77.3 Å². The minimum atomic E-state index is 0.00400. The van der Waals surface area contributed by atoms with Gasteiger partial charge in [0, 0.05) is 56.9 Å². The van der Waals surface area contributed by atoms with Crippen LogP contribution in [0.1, 0.15) is 47.7 Å². The van der Waals surface area contributed by atoms with E-state index in [9.17, 15) is 9.59 Å². The van der Waals surface area contributed by atoms with Crippen molar-refractivity contribution in [1.29, 1.82) is 0 Å². The number of piperazine rings is 1. The molecule has 7 nitrogen and oxygen atoms in total. The Morgan fingerprint density at radius 3 is 2.40 bits per heavy atom. The van der Waals surface area contributed by atoms with E-state index in [0.717, 1.165) is 62.6 Å². The molecule has 35 heavy (non-hydrogen) atoms. The highest BCUT2D eigenvalue weighted by Crippen LogP contribution is 2.37. The van der Waals surface area contributed by atoms with Crippen molar-refractivity contribution >= 4 is 23.4 Å². The van der Waals surface area contributed by atoms with Gasteiger partial charge in [-0.15, -0.1) is 0 Å². The SMILES string of the molecule is NCC(=O)N1CCC(CC(=O)N2CCN(C3c4ccc(Cl)cc4CCc4cccnc43)CC2)CC1. The Kier molecular flexibility index (Phi) is 7.37. The quantitative estimate of drug-likeness (QED) is 0.705. The fraction of sp³-hybridized carbons (Fsp3) is 0.519. The Balaban J connectivity index is 1.24. The van der Waals surface area contributed by atoms with Gasteiger partial charge < -0.3 is 15.5 Å². The Labute approximate surface area is 212 Å². The van der Waals surface area contributed by atoms with E-state index in [0.29, 0.717) is 25.4 Å². The number of carbonyl (C=O) groups excluding carboxylic acids is 2. The lowest BCUT2D eigenvalue weighted by Gasteiger charge is -2.40. The van der Waals surface area contributed by atoms with E-state index in [1.807, 2.05) is 28.1 Å². The Bertz CT molecular complexity index is 1080. The maximum Gasteiger partial charge on any atom is 0.236 e. The highest BCUT2D eigenvalue weighted by molar-refractivity contribution is 6.30. The fourth-order valence-electron chi connectivity index (χ4n) is 5.87. The largest absolute Gasteiger partial charge is 0.342 e. The minimum absolute atomic E-state index is 0.00400. The molecule has 2 aromatic rings. The van der Waals surface area contributed by atoms with Crippen molar-refractivity contribution < 1.29 is 9.59 Å². The molecule has 1 aliphatic carbocycles. The number of pyridine rings is 1. The number of halogens is 1. The monoisotopic (exact) mass is 495 g/mol. The lowest BCUT2D eigenvalue weighted by Crippen LogP contribution is -2.50. The summed E-state index contributed by atoms with van der Waals surface area (Å²) in [5.74, 6) is 0.584. The lowest BCUT2D eigenvalue weighted by atomic mass is 9.92. The second kappa shape index (κ2) is 10.6. The molecule has 1 aromatic heterocycles. The second-order valence-corrected chi connectivity index (χ2v) is 10.4. The number of benzene rings is 1. The summed E-state index contributed by atoms with van der Waals surface area (Å²) < 4.78 is 0. The number of nitrogens with zero attached hydrogens (tertiary/aromatic N) is 4. The third-order valence-electron chi connectivity index (χ3n) is 7.89. The molecule has 2 aliphatic heterocycles. The Hall–Kier alpha value is -2.48. The molecule has 8 heteroatoms. The number of aryl methyl sites for hydroxylation is 2. The molecule has 2 N–H and O–H groups in total. The first-order valence-corrected chi connectivity index (χ1v) is 13.1. The van der Waals surface area contributed by atoms with Crippen molar-refractivity contribution in [2.24, 2.45) is 11.7 Å². The number of nitrogens with two attached hydrogens (primary N) is 1. The number of hydrogen-bond acceptors (Lipinski definition) is 5. The number of amides is 2. The van der Waals surface area contributed by atoms with Gasteiger partial charge in [-0.1, -0.05) is 23.7 Å². The van der Waals surface area contributed by atoms with E-state index >= 15 is 0 Å². The highest BCUT2D eigenvalue weighted by atomic mass is 35.5. The predicted octanol–water partition coefficient (Wildman–Crippen LogP) is 2.65. The first-order valence-electron chi connectivity index (χ1n) is 12.7. The minimum Gasteiger partial charge on any atom is -0.342 e. The molecule has 2 amide bonds. The lowest BCUT2D eigenvalue weighted by molar-refractivity contribution is -0.135. The van der Waals surface area contributed by atoms with Gasteiger partial charge in [-0.3, -0.25) is 19.5 Å². The topological polar surface area (TPSA) is 82.8 Å². The van der Waals surface area contributed by atoms with Gasteiger partial charge in [-0.25, -0.2) is 0 Å². The standard InChI is InChI=1S/C27H34ClN5O2/c28-22-5-6-23-21(17-22)4-3-20-2-1-9-30-26(20)27(23)33-14-12-32(13-15-33)24(34)16-19-7-10-31(11-8-19)25(35)18-29/h1-2,5-6,9,17,19,27H,3-4,7-8,10-16,18,29H2.